The van der Waals surface area contributed by atoms with E-state index in [4.69, 9.17) is 11.6 Å². The van der Waals surface area contributed by atoms with Gasteiger partial charge < -0.3 is 10.6 Å². The van der Waals surface area contributed by atoms with E-state index in [1.165, 1.54) is 18.2 Å². The van der Waals surface area contributed by atoms with Crippen molar-refractivity contribution in [1.82, 2.24) is 0 Å². The number of benzene rings is 2. The van der Waals surface area contributed by atoms with Crippen molar-refractivity contribution in [2.24, 2.45) is 0 Å². The molecule has 1 aliphatic rings. The van der Waals surface area contributed by atoms with Crippen LogP contribution in [0, 0.1) is 5.82 Å². The molecule has 1 amide bonds. The number of carbonyl (C=O) groups is 1. The second-order valence-corrected chi connectivity index (χ2v) is 5.45. The fourth-order valence-electron chi connectivity index (χ4n) is 2.55. The highest BCUT2D eigenvalue weighted by Crippen LogP contribution is 2.33. The van der Waals surface area contributed by atoms with Gasteiger partial charge in [-0.25, -0.2) is 4.39 Å². The average Bonchev–Trinajstić information content (AvgIpc) is 2.86. The molecule has 3 nitrogen and oxygen atoms in total. The molecular formula is C16H14ClFN2O. The lowest BCUT2D eigenvalue weighted by Gasteiger charge is -2.11. The first-order valence-corrected chi connectivity index (χ1v) is 7.09. The lowest BCUT2D eigenvalue weighted by Crippen LogP contribution is -2.16. The molecule has 1 atom stereocenters. The number of fused-ring (bicyclic) bond motifs is 1. The van der Waals surface area contributed by atoms with Crippen LogP contribution in [0.25, 0.3) is 0 Å². The van der Waals surface area contributed by atoms with Crippen molar-refractivity contribution >= 4 is 28.9 Å². The van der Waals surface area contributed by atoms with Crippen molar-refractivity contribution in [1.29, 1.82) is 0 Å². The topological polar surface area (TPSA) is 41.1 Å². The Labute approximate surface area is 127 Å². The van der Waals surface area contributed by atoms with Gasteiger partial charge in [0.1, 0.15) is 5.82 Å². The predicted molar refractivity (Wildman–Crippen MR) is 82.3 cm³/mol. The van der Waals surface area contributed by atoms with Crippen LogP contribution in [0.1, 0.15) is 17.9 Å². The van der Waals surface area contributed by atoms with E-state index in [9.17, 15) is 9.18 Å². The summed E-state index contributed by atoms with van der Waals surface area (Å²) in [5.41, 5.74) is 2.75. The summed E-state index contributed by atoms with van der Waals surface area (Å²) in [6.45, 7) is 0.747. The molecule has 0 saturated carbocycles. The molecule has 2 aromatic carbocycles. The van der Waals surface area contributed by atoms with E-state index in [0.717, 1.165) is 17.8 Å². The monoisotopic (exact) mass is 304 g/mol. The molecule has 21 heavy (non-hydrogen) atoms. The number of hydrogen-bond donors (Lipinski definition) is 2. The van der Waals surface area contributed by atoms with E-state index in [1.807, 2.05) is 24.3 Å². The second kappa shape index (κ2) is 5.74. The Hall–Kier alpha value is -2.07. The van der Waals surface area contributed by atoms with E-state index >= 15 is 0 Å². The number of nitrogens with one attached hydrogen (secondary N) is 2. The third-order valence-electron chi connectivity index (χ3n) is 3.57. The summed E-state index contributed by atoms with van der Waals surface area (Å²) in [6.07, 6.45) is 0.374. The van der Waals surface area contributed by atoms with Crippen molar-refractivity contribution in [3.05, 3.63) is 58.9 Å². The maximum absolute atomic E-state index is 13.1. The molecule has 1 aliphatic heterocycles. The Morgan fingerprint density at radius 1 is 1.33 bits per heavy atom. The molecule has 0 bridgehead atoms. The minimum atomic E-state index is -0.497. The average molecular weight is 305 g/mol. The summed E-state index contributed by atoms with van der Waals surface area (Å²) in [7, 11) is 0. The van der Waals surface area contributed by atoms with Crippen molar-refractivity contribution in [2.45, 2.75) is 12.3 Å². The number of para-hydroxylation sites is 1. The van der Waals surface area contributed by atoms with Gasteiger partial charge in [0.15, 0.2) is 0 Å². The van der Waals surface area contributed by atoms with E-state index in [2.05, 4.69) is 10.6 Å². The van der Waals surface area contributed by atoms with E-state index in [0.29, 0.717) is 12.1 Å². The molecule has 2 N–H and O–H groups in total. The molecule has 2 aromatic rings. The number of carbonyl (C=O) groups excluding carboxylic acids is 1. The van der Waals surface area contributed by atoms with E-state index in [-0.39, 0.29) is 16.8 Å². The minimum absolute atomic E-state index is 0.000628. The van der Waals surface area contributed by atoms with Gasteiger partial charge in [-0.3, -0.25) is 4.79 Å². The molecule has 1 unspecified atom stereocenters. The number of anilines is 2. The van der Waals surface area contributed by atoms with Gasteiger partial charge in [-0.05, 0) is 29.8 Å². The highest BCUT2D eigenvalue weighted by atomic mass is 35.5. The highest BCUT2D eigenvalue weighted by Gasteiger charge is 2.23. The SMILES string of the molecule is O=C(CC1CNc2ccccc21)Nc1ccc(F)c(Cl)c1. The van der Waals surface area contributed by atoms with Crippen LogP contribution in [0.4, 0.5) is 15.8 Å². The Bertz CT molecular complexity index is 690. The number of hydrogen-bond acceptors (Lipinski definition) is 2. The maximum atomic E-state index is 13.1. The summed E-state index contributed by atoms with van der Waals surface area (Å²) < 4.78 is 13.1. The van der Waals surface area contributed by atoms with Crippen LogP contribution < -0.4 is 10.6 Å². The molecule has 1 heterocycles. The highest BCUT2D eigenvalue weighted by molar-refractivity contribution is 6.31. The first-order valence-electron chi connectivity index (χ1n) is 6.71. The number of amides is 1. The quantitative estimate of drug-likeness (QED) is 0.899. The fourth-order valence-corrected chi connectivity index (χ4v) is 2.73. The number of rotatable bonds is 3. The summed E-state index contributed by atoms with van der Waals surface area (Å²) in [5.74, 6) is -0.457. The van der Waals surface area contributed by atoms with Gasteiger partial charge in [-0.2, -0.15) is 0 Å². The van der Waals surface area contributed by atoms with Crippen molar-refractivity contribution in [2.75, 3.05) is 17.2 Å². The standard InChI is InChI=1S/C16H14ClFN2O/c17-13-8-11(5-6-14(13)18)20-16(21)7-10-9-19-15-4-2-1-3-12(10)15/h1-6,8,10,19H,7,9H2,(H,20,21). The molecule has 108 valence electrons. The molecule has 0 fully saturated rings. The Morgan fingerprint density at radius 3 is 2.95 bits per heavy atom. The lowest BCUT2D eigenvalue weighted by atomic mass is 9.97. The second-order valence-electron chi connectivity index (χ2n) is 5.05. The van der Waals surface area contributed by atoms with Crippen LogP contribution >= 0.6 is 11.6 Å². The molecular weight excluding hydrogens is 291 g/mol. The Morgan fingerprint density at radius 2 is 2.14 bits per heavy atom. The van der Waals surface area contributed by atoms with Gasteiger partial charge in [0.25, 0.3) is 0 Å². The molecule has 0 aromatic heterocycles. The molecule has 3 rings (SSSR count). The zero-order valence-electron chi connectivity index (χ0n) is 11.2. The van der Waals surface area contributed by atoms with Gasteiger partial charge in [-0.1, -0.05) is 29.8 Å². The van der Waals surface area contributed by atoms with Gasteiger partial charge in [0.2, 0.25) is 5.91 Å². The zero-order valence-corrected chi connectivity index (χ0v) is 12.0. The molecule has 5 heteroatoms. The molecule has 0 spiro atoms. The first kappa shape index (κ1) is 13.9. The van der Waals surface area contributed by atoms with Gasteiger partial charge in [-0.15, -0.1) is 0 Å². The maximum Gasteiger partial charge on any atom is 0.225 e. The smallest absolute Gasteiger partial charge is 0.225 e. The third-order valence-corrected chi connectivity index (χ3v) is 3.86. The van der Waals surface area contributed by atoms with Crippen molar-refractivity contribution in [3.8, 4) is 0 Å². The van der Waals surface area contributed by atoms with Gasteiger partial charge in [0, 0.05) is 30.3 Å². The predicted octanol–water partition coefficient (Wildman–Crippen LogP) is 4.02. The third kappa shape index (κ3) is 3.00. The Balaban J connectivity index is 1.66. The van der Waals surface area contributed by atoms with Gasteiger partial charge in [0.05, 0.1) is 5.02 Å². The van der Waals surface area contributed by atoms with Crippen LogP contribution in [0.3, 0.4) is 0 Å². The largest absolute Gasteiger partial charge is 0.384 e. The molecule has 0 aliphatic carbocycles. The molecule has 0 saturated heterocycles. The van der Waals surface area contributed by atoms with Crippen LogP contribution in [0.15, 0.2) is 42.5 Å². The van der Waals surface area contributed by atoms with Crippen LogP contribution in [-0.2, 0) is 4.79 Å². The minimum Gasteiger partial charge on any atom is -0.384 e. The van der Waals surface area contributed by atoms with Gasteiger partial charge >= 0.3 is 0 Å². The van der Waals surface area contributed by atoms with E-state index < -0.39 is 5.82 Å². The summed E-state index contributed by atoms with van der Waals surface area (Å²) in [5, 5.41) is 6.04. The van der Waals surface area contributed by atoms with Crippen LogP contribution in [-0.4, -0.2) is 12.5 Å². The van der Waals surface area contributed by atoms with Crippen molar-refractivity contribution < 1.29 is 9.18 Å². The van der Waals surface area contributed by atoms with Crippen LogP contribution in [0.5, 0.6) is 0 Å². The first-order chi connectivity index (χ1) is 10.1. The van der Waals surface area contributed by atoms with E-state index in [1.54, 1.807) is 0 Å². The summed E-state index contributed by atoms with van der Waals surface area (Å²) in [6, 6.07) is 12.1. The Kier molecular flexibility index (Phi) is 3.80. The number of halogens is 2. The lowest BCUT2D eigenvalue weighted by molar-refractivity contribution is -0.116. The molecule has 0 radical (unpaired) electrons. The zero-order chi connectivity index (χ0) is 14.8. The van der Waals surface area contributed by atoms with Crippen LogP contribution in [0.2, 0.25) is 5.02 Å². The normalized spacial score (nSPS) is 16.2. The summed E-state index contributed by atoms with van der Waals surface area (Å²) >= 11 is 5.70. The summed E-state index contributed by atoms with van der Waals surface area (Å²) in [4.78, 5) is 12.1. The fraction of sp³-hybridized carbons (Fsp3) is 0.188. The van der Waals surface area contributed by atoms with Crippen molar-refractivity contribution in [3.63, 3.8) is 0 Å².